The van der Waals surface area contributed by atoms with E-state index >= 15 is 0 Å². The molecule has 0 heterocycles. The molecule has 7 nitrogen and oxygen atoms in total. The molecule has 0 spiro atoms. The third kappa shape index (κ3) is 10.0. The Kier molecular flexibility index (Phi) is 12.9. The van der Waals surface area contributed by atoms with E-state index in [9.17, 15) is 14.4 Å². The number of amides is 3. The van der Waals surface area contributed by atoms with E-state index in [1.165, 1.54) is 0 Å². The van der Waals surface area contributed by atoms with Crippen LogP contribution in [-0.4, -0.2) is 40.5 Å². The maximum Gasteiger partial charge on any atom is 0.408 e. The second-order valence-electron chi connectivity index (χ2n) is 12.8. The summed E-state index contributed by atoms with van der Waals surface area (Å²) in [5, 5.41) is 6.29. The Morgan fingerprint density at radius 3 is 2.17 bits per heavy atom. The lowest BCUT2D eigenvalue weighted by Crippen LogP contribution is -2.57. The van der Waals surface area contributed by atoms with Crippen LogP contribution in [0.25, 0.3) is 0 Å². The Morgan fingerprint density at radius 1 is 0.976 bits per heavy atom. The zero-order valence-electron chi connectivity index (χ0n) is 27.0. The molecule has 232 valence electrons. The first-order valence-corrected chi connectivity index (χ1v) is 15.4. The SMILES string of the molecule is CCC(C)C(NC(=O)OC(C)(C)C)C(=O)N(C(C)CCC(C)C)C(C(=O)Nc1c(C)cccc1Cl)c1cccc(C)c1. The van der Waals surface area contributed by atoms with Gasteiger partial charge >= 0.3 is 6.09 Å². The lowest BCUT2D eigenvalue weighted by molar-refractivity contribution is -0.144. The number of halogens is 1. The predicted molar refractivity (Wildman–Crippen MR) is 172 cm³/mol. The zero-order valence-corrected chi connectivity index (χ0v) is 27.8. The predicted octanol–water partition coefficient (Wildman–Crippen LogP) is 8.23. The van der Waals surface area contributed by atoms with Crippen molar-refractivity contribution in [1.82, 2.24) is 10.2 Å². The molecule has 4 unspecified atom stereocenters. The average molecular weight is 600 g/mol. The molecule has 0 aliphatic rings. The van der Waals surface area contributed by atoms with E-state index in [1.54, 1.807) is 31.7 Å². The summed E-state index contributed by atoms with van der Waals surface area (Å²) < 4.78 is 5.53. The van der Waals surface area contributed by atoms with Gasteiger partial charge in [-0.1, -0.05) is 87.7 Å². The van der Waals surface area contributed by atoms with Gasteiger partial charge in [0.05, 0.1) is 10.7 Å². The molecule has 0 aromatic heterocycles. The van der Waals surface area contributed by atoms with E-state index in [0.29, 0.717) is 35.0 Å². The van der Waals surface area contributed by atoms with Gasteiger partial charge in [0, 0.05) is 6.04 Å². The molecule has 0 radical (unpaired) electrons. The lowest BCUT2D eigenvalue weighted by atomic mass is 9.92. The quantitative estimate of drug-likeness (QED) is 0.257. The highest BCUT2D eigenvalue weighted by Crippen LogP contribution is 2.32. The molecule has 2 aromatic rings. The molecule has 0 fully saturated rings. The molecule has 0 saturated carbocycles. The Labute approximate surface area is 257 Å². The van der Waals surface area contributed by atoms with Gasteiger partial charge < -0.3 is 20.3 Å². The van der Waals surface area contributed by atoms with E-state index in [0.717, 1.165) is 17.5 Å². The number of carbonyl (C=O) groups is 3. The summed E-state index contributed by atoms with van der Waals surface area (Å²) in [6.07, 6.45) is 1.52. The number of aryl methyl sites for hydroxylation is 2. The molecule has 2 aromatic carbocycles. The molecular weight excluding hydrogens is 550 g/mol. The third-order valence-electron chi connectivity index (χ3n) is 7.40. The normalized spacial score (nSPS) is 14.5. The number of carbonyl (C=O) groups excluding carboxylic acids is 3. The number of para-hydroxylation sites is 1. The average Bonchev–Trinajstić information content (AvgIpc) is 2.89. The van der Waals surface area contributed by atoms with Crippen LogP contribution in [0, 0.1) is 25.7 Å². The fourth-order valence-corrected chi connectivity index (χ4v) is 5.12. The third-order valence-corrected chi connectivity index (χ3v) is 7.71. The van der Waals surface area contributed by atoms with E-state index in [4.69, 9.17) is 16.3 Å². The van der Waals surface area contributed by atoms with Crippen molar-refractivity contribution < 1.29 is 19.1 Å². The second-order valence-corrected chi connectivity index (χ2v) is 13.2. The Balaban J connectivity index is 2.69. The Bertz CT molecular complexity index is 1200. The fourth-order valence-electron chi connectivity index (χ4n) is 4.85. The first kappa shape index (κ1) is 35.1. The van der Waals surface area contributed by atoms with Crippen molar-refractivity contribution in [3.63, 3.8) is 0 Å². The lowest BCUT2D eigenvalue weighted by Gasteiger charge is -2.40. The standard InChI is InChI=1S/C34H50ClN3O4/c1-11-23(5)29(37-33(41)42-34(8,9)10)32(40)38(25(7)19-18-21(2)3)30(26-16-12-14-22(4)20-26)31(39)36-28-24(6)15-13-17-27(28)35/h12-17,20-21,23,25,29-30H,11,18-19H2,1-10H3,(H,36,39)(H,37,41). The van der Waals surface area contributed by atoms with E-state index < -0.39 is 23.8 Å². The topological polar surface area (TPSA) is 87.7 Å². The van der Waals surface area contributed by atoms with Crippen LogP contribution in [0.4, 0.5) is 10.5 Å². The van der Waals surface area contributed by atoms with Crippen LogP contribution < -0.4 is 10.6 Å². The summed E-state index contributed by atoms with van der Waals surface area (Å²) in [5.41, 5.74) is 2.24. The zero-order chi connectivity index (χ0) is 31.8. The molecule has 0 bridgehead atoms. The van der Waals surface area contributed by atoms with E-state index in [-0.39, 0.29) is 23.8 Å². The van der Waals surface area contributed by atoms with Crippen LogP contribution in [0.2, 0.25) is 5.02 Å². The van der Waals surface area contributed by atoms with Gasteiger partial charge in [0.1, 0.15) is 17.7 Å². The number of alkyl carbamates (subject to hydrolysis) is 1. The number of anilines is 1. The van der Waals surface area contributed by atoms with Gasteiger partial charge in [-0.3, -0.25) is 9.59 Å². The van der Waals surface area contributed by atoms with Crippen molar-refractivity contribution in [2.45, 2.75) is 112 Å². The number of nitrogens with one attached hydrogen (secondary N) is 2. The molecule has 4 atom stereocenters. The van der Waals surface area contributed by atoms with Crippen molar-refractivity contribution in [2.24, 2.45) is 11.8 Å². The van der Waals surface area contributed by atoms with Crippen LogP contribution in [0.15, 0.2) is 42.5 Å². The number of hydrogen-bond acceptors (Lipinski definition) is 4. The molecule has 2 N–H and O–H groups in total. The molecule has 42 heavy (non-hydrogen) atoms. The van der Waals surface area contributed by atoms with E-state index in [2.05, 4.69) is 24.5 Å². The second kappa shape index (κ2) is 15.4. The Morgan fingerprint density at radius 2 is 1.62 bits per heavy atom. The summed E-state index contributed by atoms with van der Waals surface area (Å²) in [7, 11) is 0. The molecule has 2 rings (SSSR count). The van der Waals surface area contributed by atoms with Crippen molar-refractivity contribution in [1.29, 1.82) is 0 Å². The number of rotatable bonds is 12. The van der Waals surface area contributed by atoms with Gasteiger partial charge in [0.2, 0.25) is 5.91 Å². The van der Waals surface area contributed by atoms with Gasteiger partial charge in [0.25, 0.3) is 5.91 Å². The maximum atomic E-state index is 14.7. The van der Waals surface area contributed by atoms with Gasteiger partial charge in [0.15, 0.2) is 0 Å². The molecular formula is C34H50ClN3O4. The van der Waals surface area contributed by atoms with Crippen LogP contribution >= 0.6 is 11.6 Å². The van der Waals surface area contributed by atoms with Crippen molar-refractivity contribution >= 4 is 35.2 Å². The monoisotopic (exact) mass is 599 g/mol. The van der Waals surface area contributed by atoms with Gasteiger partial charge in [-0.2, -0.15) is 0 Å². The molecule has 0 aliphatic heterocycles. The first-order chi connectivity index (χ1) is 19.5. The van der Waals surface area contributed by atoms with Crippen LogP contribution in [0.5, 0.6) is 0 Å². The molecule has 0 aliphatic carbocycles. The summed E-state index contributed by atoms with van der Waals surface area (Å²) in [6, 6.07) is 10.9. The molecule has 8 heteroatoms. The summed E-state index contributed by atoms with van der Waals surface area (Å²) in [5.74, 6) is -0.505. The van der Waals surface area contributed by atoms with Crippen molar-refractivity contribution in [2.75, 3.05) is 5.32 Å². The number of hydrogen-bond donors (Lipinski definition) is 2. The minimum Gasteiger partial charge on any atom is -0.444 e. The summed E-state index contributed by atoms with van der Waals surface area (Å²) in [6.45, 7) is 19.3. The van der Waals surface area contributed by atoms with Crippen LogP contribution in [0.1, 0.15) is 97.4 Å². The largest absolute Gasteiger partial charge is 0.444 e. The smallest absolute Gasteiger partial charge is 0.408 e. The van der Waals surface area contributed by atoms with Crippen molar-refractivity contribution in [3.8, 4) is 0 Å². The highest BCUT2D eigenvalue weighted by atomic mass is 35.5. The van der Waals surface area contributed by atoms with Gasteiger partial charge in [-0.25, -0.2) is 4.79 Å². The van der Waals surface area contributed by atoms with Crippen LogP contribution in [0.3, 0.4) is 0 Å². The number of benzene rings is 2. The molecule has 3 amide bonds. The van der Waals surface area contributed by atoms with Gasteiger partial charge in [-0.05, 0) is 83.4 Å². The van der Waals surface area contributed by atoms with Gasteiger partial charge in [-0.15, -0.1) is 0 Å². The first-order valence-electron chi connectivity index (χ1n) is 15.0. The summed E-state index contributed by atoms with van der Waals surface area (Å²) >= 11 is 6.50. The van der Waals surface area contributed by atoms with E-state index in [1.807, 2.05) is 71.0 Å². The Hall–Kier alpha value is -3.06. The van der Waals surface area contributed by atoms with Crippen molar-refractivity contribution in [3.05, 3.63) is 64.2 Å². The highest BCUT2D eigenvalue weighted by Gasteiger charge is 2.40. The fraction of sp³-hybridized carbons (Fsp3) is 0.559. The van der Waals surface area contributed by atoms with Crippen LogP contribution in [-0.2, 0) is 14.3 Å². The highest BCUT2D eigenvalue weighted by molar-refractivity contribution is 6.34. The minimum atomic E-state index is -0.970. The molecule has 0 saturated heterocycles. The number of ether oxygens (including phenoxy) is 1. The summed E-state index contributed by atoms with van der Waals surface area (Å²) in [4.78, 5) is 43.6. The number of nitrogens with zero attached hydrogens (tertiary/aromatic N) is 1. The minimum absolute atomic E-state index is 0.211. The maximum absolute atomic E-state index is 14.7.